The minimum atomic E-state index is -0.485. The molecule has 0 N–H and O–H groups in total. The van der Waals surface area contributed by atoms with Crippen LogP contribution >= 0.6 is 0 Å². The fourth-order valence-corrected chi connectivity index (χ4v) is 2.80. The molecule has 0 saturated carbocycles. The SMILES string of the molecule is Cn1cc(C2CCCN(C(=O)c3cncc(F)c3)C2)cn1. The lowest BCUT2D eigenvalue weighted by Crippen LogP contribution is -2.39. The topological polar surface area (TPSA) is 51.0 Å². The molecule has 21 heavy (non-hydrogen) atoms. The zero-order chi connectivity index (χ0) is 14.8. The maximum atomic E-state index is 13.2. The van der Waals surface area contributed by atoms with Crippen molar-refractivity contribution < 1.29 is 9.18 Å². The standard InChI is InChI=1S/C15H17FN4O/c1-19-9-13(7-18-19)11-3-2-4-20(10-11)15(21)12-5-14(16)8-17-6-12/h5-9,11H,2-4,10H2,1H3. The number of likely N-dealkylation sites (tertiary alicyclic amines) is 1. The summed E-state index contributed by atoms with van der Waals surface area (Å²) < 4.78 is 15.0. The van der Waals surface area contributed by atoms with Crippen LogP contribution in [0.5, 0.6) is 0 Å². The van der Waals surface area contributed by atoms with E-state index in [0.717, 1.165) is 24.6 Å². The summed E-state index contributed by atoms with van der Waals surface area (Å²) in [7, 11) is 1.88. The van der Waals surface area contributed by atoms with Crippen molar-refractivity contribution in [1.82, 2.24) is 19.7 Å². The molecule has 1 atom stereocenters. The van der Waals surface area contributed by atoms with Gasteiger partial charge in [0, 0.05) is 38.4 Å². The lowest BCUT2D eigenvalue weighted by molar-refractivity contribution is 0.0706. The van der Waals surface area contributed by atoms with E-state index in [1.165, 1.54) is 12.3 Å². The number of hydrogen-bond donors (Lipinski definition) is 0. The Morgan fingerprint density at radius 1 is 1.38 bits per heavy atom. The molecule has 0 bridgehead atoms. The summed E-state index contributed by atoms with van der Waals surface area (Å²) in [6, 6.07) is 1.24. The van der Waals surface area contributed by atoms with Gasteiger partial charge in [-0.25, -0.2) is 4.39 Å². The molecule has 1 saturated heterocycles. The van der Waals surface area contributed by atoms with Gasteiger partial charge in [-0.2, -0.15) is 5.10 Å². The minimum Gasteiger partial charge on any atom is -0.338 e. The number of amides is 1. The van der Waals surface area contributed by atoms with Gasteiger partial charge in [0.25, 0.3) is 5.91 Å². The van der Waals surface area contributed by atoms with Crippen molar-refractivity contribution in [2.24, 2.45) is 7.05 Å². The first-order chi connectivity index (χ1) is 10.1. The van der Waals surface area contributed by atoms with E-state index in [4.69, 9.17) is 0 Å². The molecule has 6 heteroatoms. The predicted molar refractivity (Wildman–Crippen MR) is 75.3 cm³/mol. The number of piperidine rings is 1. The minimum absolute atomic E-state index is 0.157. The average Bonchev–Trinajstić information content (AvgIpc) is 2.93. The Labute approximate surface area is 122 Å². The lowest BCUT2D eigenvalue weighted by Gasteiger charge is -2.32. The zero-order valence-electron chi connectivity index (χ0n) is 11.9. The number of aryl methyl sites for hydroxylation is 1. The molecular formula is C15H17FN4O. The number of pyridine rings is 1. The number of halogens is 1. The number of aromatic nitrogens is 3. The molecule has 5 nitrogen and oxygen atoms in total. The van der Waals surface area contributed by atoms with Crippen LogP contribution in [0.25, 0.3) is 0 Å². The first-order valence-electron chi connectivity index (χ1n) is 7.02. The van der Waals surface area contributed by atoms with Crippen molar-refractivity contribution in [2.45, 2.75) is 18.8 Å². The van der Waals surface area contributed by atoms with Gasteiger partial charge in [0.05, 0.1) is 18.0 Å². The van der Waals surface area contributed by atoms with Crippen LogP contribution in [0.15, 0.2) is 30.9 Å². The third-order valence-corrected chi connectivity index (χ3v) is 3.86. The Morgan fingerprint density at radius 3 is 2.95 bits per heavy atom. The molecular weight excluding hydrogens is 271 g/mol. The van der Waals surface area contributed by atoms with Crippen molar-refractivity contribution in [3.05, 3.63) is 47.8 Å². The molecule has 1 aliphatic rings. The first kappa shape index (κ1) is 13.7. The van der Waals surface area contributed by atoms with Gasteiger partial charge >= 0.3 is 0 Å². The van der Waals surface area contributed by atoms with Crippen molar-refractivity contribution in [3.63, 3.8) is 0 Å². The van der Waals surface area contributed by atoms with Crippen LogP contribution in [0.2, 0.25) is 0 Å². The van der Waals surface area contributed by atoms with Crippen molar-refractivity contribution in [1.29, 1.82) is 0 Å². The molecule has 2 aromatic heterocycles. The molecule has 0 aromatic carbocycles. The molecule has 0 spiro atoms. The molecule has 0 aliphatic carbocycles. The summed E-state index contributed by atoms with van der Waals surface area (Å²) in [5.74, 6) is -0.352. The van der Waals surface area contributed by atoms with Gasteiger partial charge in [0.1, 0.15) is 5.82 Å². The summed E-state index contributed by atoms with van der Waals surface area (Å²) in [5, 5.41) is 4.19. The highest BCUT2D eigenvalue weighted by molar-refractivity contribution is 5.94. The maximum Gasteiger partial charge on any atom is 0.255 e. The fraction of sp³-hybridized carbons (Fsp3) is 0.400. The van der Waals surface area contributed by atoms with Crippen LogP contribution in [0.3, 0.4) is 0 Å². The highest BCUT2D eigenvalue weighted by atomic mass is 19.1. The van der Waals surface area contributed by atoms with Crippen LogP contribution < -0.4 is 0 Å². The van der Waals surface area contributed by atoms with Gasteiger partial charge in [-0.05, 0) is 24.5 Å². The van der Waals surface area contributed by atoms with Gasteiger partial charge in [0.15, 0.2) is 0 Å². The summed E-state index contributed by atoms with van der Waals surface area (Å²) in [6.45, 7) is 1.34. The van der Waals surface area contributed by atoms with E-state index in [0.29, 0.717) is 18.7 Å². The lowest BCUT2D eigenvalue weighted by atomic mass is 9.92. The first-order valence-corrected chi connectivity index (χ1v) is 7.02. The molecule has 1 unspecified atom stereocenters. The smallest absolute Gasteiger partial charge is 0.255 e. The van der Waals surface area contributed by atoms with Gasteiger partial charge < -0.3 is 4.90 Å². The normalized spacial score (nSPS) is 18.8. The number of rotatable bonds is 2. The number of carbonyl (C=O) groups excluding carboxylic acids is 1. The molecule has 2 aromatic rings. The third kappa shape index (κ3) is 2.94. The quantitative estimate of drug-likeness (QED) is 0.849. The summed E-state index contributed by atoms with van der Waals surface area (Å²) in [4.78, 5) is 18.0. The van der Waals surface area contributed by atoms with E-state index in [2.05, 4.69) is 10.1 Å². The Hall–Kier alpha value is -2.24. The Kier molecular flexibility index (Phi) is 3.68. The van der Waals surface area contributed by atoms with Crippen LogP contribution in [-0.2, 0) is 7.05 Å². The highest BCUT2D eigenvalue weighted by Crippen LogP contribution is 2.27. The van der Waals surface area contributed by atoms with Crippen LogP contribution in [-0.4, -0.2) is 38.7 Å². The van der Waals surface area contributed by atoms with E-state index in [-0.39, 0.29) is 11.8 Å². The predicted octanol–water partition coefficient (Wildman–Crippen LogP) is 1.97. The second-order valence-electron chi connectivity index (χ2n) is 5.43. The van der Waals surface area contributed by atoms with E-state index in [9.17, 15) is 9.18 Å². The second kappa shape index (κ2) is 5.63. The van der Waals surface area contributed by atoms with Crippen LogP contribution in [0, 0.1) is 5.82 Å². The Balaban J connectivity index is 1.75. The van der Waals surface area contributed by atoms with E-state index < -0.39 is 5.82 Å². The largest absolute Gasteiger partial charge is 0.338 e. The van der Waals surface area contributed by atoms with Crippen LogP contribution in [0.4, 0.5) is 4.39 Å². The molecule has 110 valence electrons. The van der Waals surface area contributed by atoms with Gasteiger partial charge in [0.2, 0.25) is 0 Å². The highest BCUT2D eigenvalue weighted by Gasteiger charge is 2.26. The van der Waals surface area contributed by atoms with E-state index in [1.807, 2.05) is 19.4 Å². The van der Waals surface area contributed by atoms with Crippen molar-refractivity contribution in [3.8, 4) is 0 Å². The van der Waals surface area contributed by atoms with Crippen molar-refractivity contribution in [2.75, 3.05) is 13.1 Å². The molecule has 1 aliphatic heterocycles. The van der Waals surface area contributed by atoms with E-state index in [1.54, 1.807) is 9.58 Å². The molecule has 0 radical (unpaired) electrons. The maximum absolute atomic E-state index is 13.2. The average molecular weight is 288 g/mol. The number of hydrogen-bond acceptors (Lipinski definition) is 3. The van der Waals surface area contributed by atoms with E-state index >= 15 is 0 Å². The molecule has 1 amide bonds. The summed E-state index contributed by atoms with van der Waals surface area (Å²) in [6.07, 6.45) is 8.33. The van der Waals surface area contributed by atoms with Gasteiger partial charge in [-0.1, -0.05) is 0 Å². The summed E-state index contributed by atoms with van der Waals surface area (Å²) >= 11 is 0. The Morgan fingerprint density at radius 2 is 2.24 bits per heavy atom. The van der Waals surface area contributed by atoms with Crippen molar-refractivity contribution >= 4 is 5.91 Å². The summed E-state index contributed by atoms with van der Waals surface area (Å²) in [5.41, 5.74) is 1.45. The van der Waals surface area contributed by atoms with Gasteiger partial charge in [-0.15, -0.1) is 0 Å². The second-order valence-corrected chi connectivity index (χ2v) is 5.43. The van der Waals surface area contributed by atoms with Crippen LogP contribution in [0.1, 0.15) is 34.7 Å². The molecule has 3 heterocycles. The van der Waals surface area contributed by atoms with Gasteiger partial charge in [-0.3, -0.25) is 14.5 Å². The number of carbonyl (C=O) groups is 1. The number of nitrogens with zero attached hydrogens (tertiary/aromatic N) is 4. The molecule has 3 rings (SSSR count). The Bertz CT molecular complexity index is 655. The third-order valence-electron chi connectivity index (χ3n) is 3.86. The monoisotopic (exact) mass is 288 g/mol. The molecule has 1 fully saturated rings. The fourth-order valence-electron chi connectivity index (χ4n) is 2.80. The zero-order valence-corrected chi connectivity index (χ0v) is 11.9.